The third-order valence-electron chi connectivity index (χ3n) is 3.05. The Bertz CT molecular complexity index is 388. The lowest BCUT2D eigenvalue weighted by atomic mass is 10.1. The third kappa shape index (κ3) is 2.87. The Balaban J connectivity index is 3.13. The molecule has 0 unspecified atom stereocenters. The highest BCUT2D eigenvalue weighted by molar-refractivity contribution is 6.02. The molecule has 0 fully saturated rings. The molecule has 1 rings (SSSR count). The first-order valence-electron chi connectivity index (χ1n) is 5.80. The number of anilines is 1. The van der Waals surface area contributed by atoms with E-state index in [0.717, 1.165) is 18.5 Å². The van der Waals surface area contributed by atoms with Crippen LogP contribution in [0.2, 0.25) is 0 Å². The number of nitrogens with zero attached hydrogens (tertiary/aromatic N) is 3. The molecule has 5 nitrogen and oxygen atoms in total. The largest absolute Gasteiger partial charge is 0.409 e. The van der Waals surface area contributed by atoms with Crippen molar-refractivity contribution in [2.75, 3.05) is 11.9 Å². The maximum absolute atomic E-state index is 8.77. The van der Waals surface area contributed by atoms with Gasteiger partial charge < -0.3 is 15.8 Å². The summed E-state index contributed by atoms with van der Waals surface area (Å²) in [5, 5.41) is 11.8. The van der Waals surface area contributed by atoms with Gasteiger partial charge in [-0.05, 0) is 18.9 Å². The fraction of sp³-hybridized carbons (Fsp3) is 0.500. The Morgan fingerprint density at radius 1 is 1.53 bits per heavy atom. The SMILES string of the molecule is CCC(CC)N(C)c1cnccc1/C(N)=N/O. The van der Waals surface area contributed by atoms with Crippen molar-refractivity contribution in [1.82, 2.24) is 4.98 Å². The van der Waals surface area contributed by atoms with E-state index in [9.17, 15) is 0 Å². The van der Waals surface area contributed by atoms with Crippen LogP contribution >= 0.6 is 0 Å². The van der Waals surface area contributed by atoms with E-state index in [1.807, 2.05) is 7.05 Å². The van der Waals surface area contributed by atoms with Gasteiger partial charge in [0.05, 0.1) is 11.9 Å². The molecule has 0 saturated carbocycles. The number of aromatic nitrogens is 1. The summed E-state index contributed by atoms with van der Waals surface area (Å²) in [6.45, 7) is 4.29. The quantitative estimate of drug-likeness (QED) is 0.354. The van der Waals surface area contributed by atoms with E-state index in [1.165, 1.54) is 0 Å². The zero-order chi connectivity index (χ0) is 12.8. The molecule has 0 aromatic carbocycles. The summed E-state index contributed by atoms with van der Waals surface area (Å²) in [7, 11) is 2.00. The minimum absolute atomic E-state index is 0.111. The lowest BCUT2D eigenvalue weighted by molar-refractivity contribution is 0.318. The summed E-state index contributed by atoms with van der Waals surface area (Å²) < 4.78 is 0. The predicted molar refractivity (Wildman–Crippen MR) is 69.5 cm³/mol. The monoisotopic (exact) mass is 236 g/mol. The molecule has 0 bridgehead atoms. The summed E-state index contributed by atoms with van der Waals surface area (Å²) >= 11 is 0. The van der Waals surface area contributed by atoms with Gasteiger partial charge in [0.1, 0.15) is 0 Å². The minimum atomic E-state index is 0.111. The maximum atomic E-state index is 8.77. The molecule has 1 aromatic rings. The highest BCUT2D eigenvalue weighted by atomic mass is 16.4. The Morgan fingerprint density at radius 2 is 2.18 bits per heavy atom. The summed E-state index contributed by atoms with van der Waals surface area (Å²) in [6.07, 6.45) is 5.46. The standard InChI is InChI=1S/C12H20N4O/c1-4-9(5-2)16(3)11-8-14-7-6-10(11)12(13)15-17/h6-9,17H,4-5H2,1-3H3,(H2,13,15). The van der Waals surface area contributed by atoms with Crippen molar-refractivity contribution in [3.8, 4) is 0 Å². The van der Waals surface area contributed by atoms with E-state index >= 15 is 0 Å². The summed E-state index contributed by atoms with van der Waals surface area (Å²) in [4.78, 5) is 6.23. The number of oxime groups is 1. The number of hydrogen-bond donors (Lipinski definition) is 2. The molecule has 0 aliphatic rings. The molecule has 1 aromatic heterocycles. The molecule has 0 aliphatic heterocycles. The van der Waals surface area contributed by atoms with Crippen molar-refractivity contribution in [3.63, 3.8) is 0 Å². The highest BCUT2D eigenvalue weighted by Crippen LogP contribution is 2.22. The van der Waals surface area contributed by atoms with Gasteiger partial charge >= 0.3 is 0 Å². The van der Waals surface area contributed by atoms with Crippen molar-refractivity contribution in [1.29, 1.82) is 0 Å². The van der Waals surface area contributed by atoms with Crippen LogP contribution in [-0.2, 0) is 0 Å². The highest BCUT2D eigenvalue weighted by Gasteiger charge is 2.16. The Labute approximate surface area is 102 Å². The van der Waals surface area contributed by atoms with E-state index in [1.54, 1.807) is 18.5 Å². The van der Waals surface area contributed by atoms with Crippen LogP contribution in [0.15, 0.2) is 23.6 Å². The van der Waals surface area contributed by atoms with Crippen molar-refractivity contribution >= 4 is 11.5 Å². The van der Waals surface area contributed by atoms with E-state index in [4.69, 9.17) is 10.9 Å². The van der Waals surface area contributed by atoms with Gasteiger partial charge in [-0.1, -0.05) is 19.0 Å². The van der Waals surface area contributed by atoms with Crippen LogP contribution in [0, 0.1) is 0 Å². The molecule has 0 atom stereocenters. The third-order valence-corrected chi connectivity index (χ3v) is 3.05. The maximum Gasteiger partial charge on any atom is 0.172 e. The van der Waals surface area contributed by atoms with Crippen molar-refractivity contribution < 1.29 is 5.21 Å². The van der Waals surface area contributed by atoms with E-state index in [2.05, 4.69) is 28.9 Å². The average Bonchev–Trinajstić information content (AvgIpc) is 2.39. The molecule has 5 heteroatoms. The van der Waals surface area contributed by atoms with Gasteiger partial charge in [-0.25, -0.2) is 0 Å². The van der Waals surface area contributed by atoms with Crippen LogP contribution in [-0.4, -0.2) is 29.1 Å². The van der Waals surface area contributed by atoms with Crippen LogP contribution in [0.4, 0.5) is 5.69 Å². The minimum Gasteiger partial charge on any atom is -0.409 e. The summed E-state index contributed by atoms with van der Waals surface area (Å²) in [5.74, 6) is 0.111. The fourth-order valence-corrected chi connectivity index (χ4v) is 1.97. The van der Waals surface area contributed by atoms with Gasteiger partial charge in [0.15, 0.2) is 5.84 Å². The number of hydrogen-bond acceptors (Lipinski definition) is 4. The second-order valence-corrected chi connectivity index (χ2v) is 3.96. The summed E-state index contributed by atoms with van der Waals surface area (Å²) in [6, 6.07) is 2.17. The normalized spacial score (nSPS) is 11.9. The second-order valence-electron chi connectivity index (χ2n) is 3.96. The van der Waals surface area contributed by atoms with Crippen LogP contribution in [0.3, 0.4) is 0 Å². The van der Waals surface area contributed by atoms with Gasteiger partial charge in [0.2, 0.25) is 0 Å². The molecular formula is C12H20N4O. The van der Waals surface area contributed by atoms with E-state index < -0.39 is 0 Å². The van der Waals surface area contributed by atoms with E-state index in [0.29, 0.717) is 11.6 Å². The summed E-state index contributed by atoms with van der Waals surface area (Å²) in [5.41, 5.74) is 7.25. The number of nitrogens with two attached hydrogens (primary N) is 1. The van der Waals surface area contributed by atoms with Crippen molar-refractivity contribution in [2.24, 2.45) is 10.9 Å². The van der Waals surface area contributed by atoms with Gasteiger partial charge in [-0.3, -0.25) is 4.98 Å². The zero-order valence-corrected chi connectivity index (χ0v) is 10.6. The van der Waals surface area contributed by atoms with Crippen LogP contribution < -0.4 is 10.6 Å². The van der Waals surface area contributed by atoms with Gasteiger partial charge in [-0.2, -0.15) is 0 Å². The first-order chi connectivity index (χ1) is 8.15. The first-order valence-corrected chi connectivity index (χ1v) is 5.80. The smallest absolute Gasteiger partial charge is 0.172 e. The molecule has 0 aliphatic carbocycles. The molecule has 17 heavy (non-hydrogen) atoms. The molecular weight excluding hydrogens is 216 g/mol. The van der Waals surface area contributed by atoms with Gasteiger partial charge in [0.25, 0.3) is 0 Å². The van der Waals surface area contributed by atoms with Gasteiger partial charge in [0, 0.05) is 24.8 Å². The van der Waals surface area contributed by atoms with E-state index in [-0.39, 0.29) is 5.84 Å². The van der Waals surface area contributed by atoms with Gasteiger partial charge in [-0.15, -0.1) is 0 Å². The number of pyridine rings is 1. The Hall–Kier alpha value is -1.78. The molecule has 0 radical (unpaired) electrons. The lowest BCUT2D eigenvalue weighted by Crippen LogP contribution is -2.32. The first kappa shape index (κ1) is 13.3. The van der Waals surface area contributed by atoms with Crippen LogP contribution in [0.25, 0.3) is 0 Å². The molecule has 0 saturated heterocycles. The van der Waals surface area contributed by atoms with Crippen LogP contribution in [0.1, 0.15) is 32.3 Å². The zero-order valence-electron chi connectivity index (χ0n) is 10.6. The average molecular weight is 236 g/mol. The number of amidine groups is 1. The topological polar surface area (TPSA) is 74.7 Å². The lowest BCUT2D eigenvalue weighted by Gasteiger charge is -2.29. The number of rotatable bonds is 5. The predicted octanol–water partition coefficient (Wildman–Crippen LogP) is 1.80. The van der Waals surface area contributed by atoms with Crippen LogP contribution in [0.5, 0.6) is 0 Å². The van der Waals surface area contributed by atoms with Crippen molar-refractivity contribution in [3.05, 3.63) is 24.0 Å². The molecule has 0 amide bonds. The Morgan fingerprint density at radius 3 is 2.71 bits per heavy atom. The molecule has 3 N–H and O–H groups in total. The fourth-order valence-electron chi connectivity index (χ4n) is 1.97. The second kappa shape index (κ2) is 6.08. The molecule has 0 spiro atoms. The molecule has 94 valence electrons. The van der Waals surface area contributed by atoms with Crippen molar-refractivity contribution in [2.45, 2.75) is 32.7 Å². The Kier molecular flexibility index (Phi) is 4.75. The molecule has 1 heterocycles.